The first-order valence-electron chi connectivity index (χ1n) is 8.53. The summed E-state index contributed by atoms with van der Waals surface area (Å²) in [6.07, 6.45) is 3.37. The monoisotopic (exact) mass is 353 g/mol. The number of likely N-dealkylation sites (tertiary alicyclic amines) is 1. The minimum Gasteiger partial charge on any atom is -0.385 e. The zero-order valence-electron chi connectivity index (χ0n) is 14.6. The average Bonchev–Trinajstić information content (AvgIpc) is 2.60. The minimum atomic E-state index is 0.351. The normalized spacial score (nSPS) is 16.5. The molecule has 5 nitrogen and oxygen atoms in total. The summed E-state index contributed by atoms with van der Waals surface area (Å²) in [6, 6.07) is 7.89. The van der Waals surface area contributed by atoms with Crippen LogP contribution in [-0.4, -0.2) is 57.4 Å². The summed E-state index contributed by atoms with van der Waals surface area (Å²) < 4.78 is 11.0. The van der Waals surface area contributed by atoms with Gasteiger partial charge in [-0.15, -0.1) is 0 Å². The van der Waals surface area contributed by atoms with Crippen LogP contribution in [-0.2, 0) is 16.0 Å². The Morgan fingerprint density at radius 1 is 1.33 bits per heavy atom. The number of guanidine groups is 1. The van der Waals surface area contributed by atoms with Gasteiger partial charge in [-0.2, -0.15) is 0 Å². The molecule has 0 aromatic heterocycles. The third-order valence-electron chi connectivity index (χ3n) is 4.14. The summed E-state index contributed by atoms with van der Waals surface area (Å²) in [5.41, 5.74) is 1.15. The molecule has 6 heteroatoms. The first kappa shape index (κ1) is 19.0. The summed E-state index contributed by atoms with van der Waals surface area (Å²) in [5.74, 6) is 0.938. The summed E-state index contributed by atoms with van der Waals surface area (Å²) in [6.45, 7) is 4.19. The van der Waals surface area contributed by atoms with E-state index in [1.54, 1.807) is 7.11 Å². The molecule has 24 heavy (non-hydrogen) atoms. The van der Waals surface area contributed by atoms with E-state index in [9.17, 15) is 0 Å². The van der Waals surface area contributed by atoms with Crippen LogP contribution in [0.1, 0.15) is 24.8 Å². The van der Waals surface area contributed by atoms with Gasteiger partial charge in [-0.1, -0.05) is 23.7 Å². The van der Waals surface area contributed by atoms with E-state index in [4.69, 9.17) is 21.1 Å². The molecule has 2 rings (SSSR count). The fourth-order valence-corrected chi connectivity index (χ4v) is 3.06. The van der Waals surface area contributed by atoms with E-state index in [-0.39, 0.29) is 0 Å². The molecule has 0 radical (unpaired) electrons. The van der Waals surface area contributed by atoms with Crippen LogP contribution in [0.25, 0.3) is 0 Å². The highest BCUT2D eigenvalue weighted by Gasteiger charge is 2.21. The molecular weight excluding hydrogens is 326 g/mol. The van der Waals surface area contributed by atoms with Crippen LogP contribution in [0, 0.1) is 0 Å². The zero-order valence-corrected chi connectivity index (χ0v) is 15.4. The lowest BCUT2D eigenvalue weighted by Gasteiger charge is -2.34. The Bertz CT molecular complexity index is 517. The van der Waals surface area contributed by atoms with Gasteiger partial charge >= 0.3 is 0 Å². The molecule has 1 fully saturated rings. The van der Waals surface area contributed by atoms with Crippen molar-refractivity contribution >= 4 is 17.6 Å². The maximum atomic E-state index is 6.03. The Balaban J connectivity index is 1.73. The maximum Gasteiger partial charge on any atom is 0.193 e. The quantitative estimate of drug-likeness (QED) is 0.465. The van der Waals surface area contributed by atoms with Crippen molar-refractivity contribution in [3.05, 3.63) is 34.9 Å². The summed E-state index contributed by atoms with van der Waals surface area (Å²) in [4.78, 5) is 6.69. The van der Waals surface area contributed by atoms with Gasteiger partial charge in [0.15, 0.2) is 5.96 Å². The highest BCUT2D eigenvalue weighted by molar-refractivity contribution is 6.30. The third-order valence-corrected chi connectivity index (χ3v) is 4.37. The molecule has 0 bridgehead atoms. The van der Waals surface area contributed by atoms with Crippen molar-refractivity contribution < 1.29 is 9.47 Å². The Labute approximate surface area is 150 Å². The van der Waals surface area contributed by atoms with E-state index in [1.807, 2.05) is 25.2 Å². The first-order chi connectivity index (χ1) is 11.7. The van der Waals surface area contributed by atoms with Crippen molar-refractivity contribution in [1.82, 2.24) is 10.2 Å². The fourth-order valence-electron chi connectivity index (χ4n) is 2.85. The second-order valence-electron chi connectivity index (χ2n) is 5.93. The minimum absolute atomic E-state index is 0.351. The van der Waals surface area contributed by atoms with Gasteiger partial charge in [0.1, 0.15) is 0 Å². The molecule has 1 aromatic rings. The topological polar surface area (TPSA) is 46.1 Å². The lowest BCUT2D eigenvalue weighted by atomic mass is 10.1. The Morgan fingerprint density at radius 2 is 2.12 bits per heavy atom. The van der Waals surface area contributed by atoms with E-state index < -0.39 is 0 Å². The van der Waals surface area contributed by atoms with Gasteiger partial charge in [0.2, 0.25) is 0 Å². The largest absolute Gasteiger partial charge is 0.385 e. The molecule has 0 aliphatic carbocycles. The second-order valence-corrected chi connectivity index (χ2v) is 6.37. The van der Waals surface area contributed by atoms with Gasteiger partial charge in [-0.05, 0) is 37.0 Å². The zero-order chi connectivity index (χ0) is 17.2. The standard InChI is InChI=1S/C18H28ClN3O2/c1-20-18(21-14-15-5-3-6-16(19)13-15)22-9-7-17(8-10-22)24-12-4-11-23-2/h3,5-6,13,17H,4,7-12,14H2,1-2H3,(H,20,21). The summed E-state index contributed by atoms with van der Waals surface area (Å²) in [7, 11) is 3.55. The number of benzene rings is 1. The number of rotatable bonds is 7. The van der Waals surface area contributed by atoms with Crippen LogP contribution < -0.4 is 5.32 Å². The number of nitrogens with one attached hydrogen (secondary N) is 1. The van der Waals surface area contributed by atoms with Crippen LogP contribution in [0.3, 0.4) is 0 Å². The lowest BCUT2D eigenvalue weighted by Crippen LogP contribution is -2.46. The van der Waals surface area contributed by atoms with Gasteiger partial charge in [0, 0.05) is 52.0 Å². The molecule has 0 saturated carbocycles. The van der Waals surface area contributed by atoms with E-state index in [0.29, 0.717) is 6.10 Å². The van der Waals surface area contributed by atoms with Crippen LogP contribution in [0.5, 0.6) is 0 Å². The van der Waals surface area contributed by atoms with E-state index >= 15 is 0 Å². The van der Waals surface area contributed by atoms with Crippen molar-refractivity contribution in [2.24, 2.45) is 4.99 Å². The average molecular weight is 354 g/mol. The van der Waals surface area contributed by atoms with Gasteiger partial charge < -0.3 is 19.7 Å². The van der Waals surface area contributed by atoms with Crippen molar-refractivity contribution in [3.63, 3.8) is 0 Å². The molecule has 0 spiro atoms. The van der Waals surface area contributed by atoms with Gasteiger partial charge in [0.05, 0.1) is 6.10 Å². The number of piperidine rings is 1. The molecule has 0 amide bonds. The second kappa shape index (κ2) is 10.5. The maximum absolute atomic E-state index is 6.03. The number of hydrogen-bond acceptors (Lipinski definition) is 3. The third kappa shape index (κ3) is 6.30. The SMILES string of the molecule is CN=C(NCc1cccc(Cl)c1)N1CCC(OCCCOC)CC1. The van der Waals surface area contributed by atoms with Crippen LogP contribution in [0.2, 0.25) is 5.02 Å². The molecule has 1 N–H and O–H groups in total. The number of hydrogen-bond donors (Lipinski definition) is 1. The molecule has 1 aliphatic rings. The number of ether oxygens (including phenoxy) is 2. The molecule has 1 aromatic carbocycles. The number of methoxy groups -OCH3 is 1. The Morgan fingerprint density at radius 3 is 2.79 bits per heavy atom. The molecule has 134 valence electrons. The van der Waals surface area contributed by atoms with E-state index in [0.717, 1.165) is 68.7 Å². The number of halogens is 1. The Hall–Kier alpha value is -1.30. The first-order valence-corrected chi connectivity index (χ1v) is 8.91. The summed E-state index contributed by atoms with van der Waals surface area (Å²) in [5, 5.41) is 4.18. The highest BCUT2D eigenvalue weighted by Crippen LogP contribution is 2.15. The number of nitrogens with zero attached hydrogens (tertiary/aromatic N) is 2. The molecule has 1 saturated heterocycles. The number of aliphatic imine (C=N–C) groups is 1. The van der Waals surface area contributed by atoms with Crippen LogP contribution in [0.4, 0.5) is 0 Å². The molecule has 1 aliphatic heterocycles. The molecule has 0 atom stereocenters. The summed E-state index contributed by atoms with van der Waals surface area (Å²) >= 11 is 6.03. The smallest absolute Gasteiger partial charge is 0.193 e. The highest BCUT2D eigenvalue weighted by atomic mass is 35.5. The molecule has 0 unspecified atom stereocenters. The van der Waals surface area contributed by atoms with Gasteiger partial charge in [-0.25, -0.2) is 0 Å². The Kier molecular flexibility index (Phi) is 8.36. The fraction of sp³-hybridized carbons (Fsp3) is 0.611. The van der Waals surface area contributed by atoms with Gasteiger partial charge in [0.25, 0.3) is 0 Å². The predicted molar refractivity (Wildman–Crippen MR) is 98.7 cm³/mol. The van der Waals surface area contributed by atoms with E-state index in [2.05, 4.69) is 21.3 Å². The van der Waals surface area contributed by atoms with Crippen molar-refractivity contribution in [2.45, 2.75) is 31.9 Å². The molecular formula is C18H28ClN3O2. The van der Waals surface area contributed by atoms with Crippen molar-refractivity contribution in [1.29, 1.82) is 0 Å². The molecule has 1 heterocycles. The van der Waals surface area contributed by atoms with Gasteiger partial charge in [-0.3, -0.25) is 4.99 Å². The predicted octanol–water partition coefficient (Wildman–Crippen LogP) is 2.93. The van der Waals surface area contributed by atoms with Crippen LogP contribution in [0.15, 0.2) is 29.3 Å². The van der Waals surface area contributed by atoms with Crippen molar-refractivity contribution in [3.8, 4) is 0 Å². The van der Waals surface area contributed by atoms with E-state index in [1.165, 1.54) is 0 Å². The lowest BCUT2D eigenvalue weighted by molar-refractivity contribution is 0.00989. The van der Waals surface area contributed by atoms with Crippen molar-refractivity contribution in [2.75, 3.05) is 40.5 Å². The van der Waals surface area contributed by atoms with Crippen LogP contribution >= 0.6 is 11.6 Å².